The third kappa shape index (κ3) is 8.07. The highest BCUT2D eigenvalue weighted by molar-refractivity contribution is 7.26. The van der Waals surface area contributed by atoms with Gasteiger partial charge in [-0.3, -0.25) is 0 Å². The molecule has 2 heterocycles. The number of anilines is 9. The van der Waals surface area contributed by atoms with E-state index in [9.17, 15) is 0 Å². The van der Waals surface area contributed by atoms with Crippen LogP contribution in [0.1, 0.15) is 0 Å². The topological polar surface area (TPSA) is 9.72 Å². The van der Waals surface area contributed by atoms with E-state index in [1.54, 1.807) is 0 Å². The number of benzene rings is 11. The van der Waals surface area contributed by atoms with Gasteiger partial charge >= 0.3 is 0 Å². The first-order valence-electron chi connectivity index (χ1n) is 24.0. The summed E-state index contributed by atoms with van der Waals surface area (Å²) in [4.78, 5) is 7.15. The Morgan fingerprint density at radius 3 is 0.859 bits per heavy atom. The largest absolute Gasteiger partial charge is 0.310 e. The third-order valence-corrected chi connectivity index (χ3v) is 15.6. The van der Waals surface area contributed by atoms with E-state index in [2.05, 4.69) is 288 Å². The van der Waals surface area contributed by atoms with Crippen LogP contribution in [0.25, 0.3) is 62.6 Å². The average molecular weight is 944 g/mol. The van der Waals surface area contributed by atoms with E-state index < -0.39 is 0 Å². The molecule has 0 atom stereocenters. The van der Waals surface area contributed by atoms with Crippen molar-refractivity contribution < 1.29 is 0 Å². The number of fused-ring (bicyclic) bond motifs is 6. The Morgan fingerprint density at radius 1 is 0.183 bits per heavy atom. The smallest absolute Gasteiger partial charge is 0.0476 e. The molecule has 2 aromatic heterocycles. The predicted octanol–water partition coefficient (Wildman–Crippen LogP) is 20.2. The summed E-state index contributed by atoms with van der Waals surface area (Å²) in [6, 6.07) is 99.1. The van der Waals surface area contributed by atoms with Crippen molar-refractivity contribution in [3.8, 4) is 22.3 Å². The Morgan fingerprint density at radius 2 is 0.493 bits per heavy atom. The minimum Gasteiger partial charge on any atom is -0.310 e. The van der Waals surface area contributed by atoms with Crippen molar-refractivity contribution >= 4 is 114 Å². The zero-order chi connectivity index (χ0) is 47.1. The highest BCUT2D eigenvalue weighted by atomic mass is 32.1. The Bertz CT molecular complexity index is 3650. The molecule has 13 aromatic rings. The molecule has 0 radical (unpaired) electrons. The van der Waals surface area contributed by atoms with E-state index in [-0.39, 0.29) is 0 Å². The van der Waals surface area contributed by atoms with E-state index in [0.29, 0.717) is 0 Å². The Kier molecular flexibility index (Phi) is 10.9. The molecule has 0 aliphatic rings. The van der Waals surface area contributed by atoms with Gasteiger partial charge in [-0.2, -0.15) is 0 Å². The lowest BCUT2D eigenvalue weighted by molar-refractivity contribution is 1.29. The van der Waals surface area contributed by atoms with Crippen LogP contribution in [-0.4, -0.2) is 0 Å². The minimum atomic E-state index is 1.10. The van der Waals surface area contributed by atoms with Crippen molar-refractivity contribution in [2.75, 3.05) is 14.7 Å². The molecule has 13 rings (SSSR count). The number of para-hydroxylation sites is 4. The monoisotopic (exact) mass is 943 g/mol. The van der Waals surface area contributed by atoms with E-state index >= 15 is 0 Å². The van der Waals surface area contributed by atoms with Gasteiger partial charge in [-0.1, -0.05) is 146 Å². The molecule has 0 amide bonds. The third-order valence-electron chi connectivity index (χ3n) is 13.4. The number of rotatable bonds is 11. The molecule has 0 N–H and O–H groups in total. The second-order valence-corrected chi connectivity index (χ2v) is 19.9. The van der Waals surface area contributed by atoms with Crippen LogP contribution in [0.5, 0.6) is 0 Å². The van der Waals surface area contributed by atoms with Gasteiger partial charge in [-0.15, -0.1) is 22.7 Å². The average Bonchev–Trinajstić information content (AvgIpc) is 4.00. The van der Waals surface area contributed by atoms with Gasteiger partial charge < -0.3 is 14.7 Å². The van der Waals surface area contributed by atoms with Crippen LogP contribution in [-0.2, 0) is 0 Å². The summed E-state index contributed by atoms with van der Waals surface area (Å²) in [7, 11) is 0. The van der Waals surface area contributed by atoms with Gasteiger partial charge in [0.05, 0.1) is 0 Å². The van der Waals surface area contributed by atoms with Crippen molar-refractivity contribution in [3.05, 3.63) is 273 Å². The lowest BCUT2D eigenvalue weighted by atomic mass is 9.97. The van der Waals surface area contributed by atoms with Crippen molar-refractivity contribution in [1.29, 1.82) is 0 Å². The van der Waals surface area contributed by atoms with Crippen LogP contribution >= 0.6 is 22.7 Å². The second-order valence-electron chi connectivity index (χ2n) is 17.8. The molecular formula is C66H45N3S2. The van der Waals surface area contributed by atoms with Crippen molar-refractivity contribution in [3.63, 3.8) is 0 Å². The van der Waals surface area contributed by atoms with Gasteiger partial charge in [-0.05, 0) is 150 Å². The van der Waals surface area contributed by atoms with Crippen LogP contribution < -0.4 is 14.7 Å². The van der Waals surface area contributed by atoms with Gasteiger partial charge in [0.1, 0.15) is 0 Å². The first kappa shape index (κ1) is 42.4. The lowest BCUT2D eigenvalue weighted by Gasteiger charge is -2.27. The molecular weight excluding hydrogens is 899 g/mol. The SMILES string of the molecule is c1ccc(-c2cc(-c3ccccc3)cc(N(c3ccc4c(c3)sc3ccc(N(c5ccccc5)c5ccccc5)cc34)c3ccc4c(c3)sc3ccc(N(c5ccccc5)c5ccccc5)cc34)c2)cc1. The zero-order valence-corrected chi connectivity index (χ0v) is 40.3. The van der Waals surface area contributed by atoms with Crippen molar-refractivity contribution in [2.45, 2.75) is 0 Å². The first-order valence-corrected chi connectivity index (χ1v) is 25.6. The maximum absolute atomic E-state index is 2.46. The fourth-order valence-corrected chi connectivity index (χ4v) is 12.3. The summed E-state index contributed by atoms with van der Waals surface area (Å²) in [5.74, 6) is 0. The molecule has 11 aromatic carbocycles. The molecule has 0 fully saturated rings. The van der Waals surface area contributed by atoms with Crippen LogP contribution in [0.4, 0.5) is 51.2 Å². The van der Waals surface area contributed by atoms with Gasteiger partial charge in [0.25, 0.3) is 0 Å². The number of thiophene rings is 2. The summed E-state index contributed by atoms with van der Waals surface area (Å²) in [6.07, 6.45) is 0. The van der Waals surface area contributed by atoms with E-state index in [1.807, 2.05) is 22.7 Å². The molecule has 0 unspecified atom stereocenters. The predicted molar refractivity (Wildman–Crippen MR) is 307 cm³/mol. The number of nitrogens with zero attached hydrogens (tertiary/aromatic N) is 3. The molecule has 71 heavy (non-hydrogen) atoms. The zero-order valence-electron chi connectivity index (χ0n) is 38.6. The molecule has 0 spiro atoms. The molecule has 0 saturated carbocycles. The maximum atomic E-state index is 2.46. The molecule has 0 aliphatic carbocycles. The van der Waals surface area contributed by atoms with Crippen LogP contribution in [0.15, 0.2) is 273 Å². The Balaban J connectivity index is 0.973. The first-order chi connectivity index (χ1) is 35.2. The molecule has 5 heteroatoms. The summed E-state index contributed by atoms with van der Waals surface area (Å²) in [5, 5.41) is 4.99. The second kappa shape index (κ2) is 18.3. The molecule has 336 valence electrons. The summed E-state index contributed by atoms with van der Waals surface area (Å²) in [5.41, 5.74) is 14.8. The van der Waals surface area contributed by atoms with Crippen LogP contribution in [0.2, 0.25) is 0 Å². The molecule has 0 aliphatic heterocycles. The Hall–Kier alpha value is -8.74. The molecule has 3 nitrogen and oxygen atoms in total. The van der Waals surface area contributed by atoms with Gasteiger partial charge in [0.2, 0.25) is 0 Å². The Labute approximate surface area is 421 Å². The van der Waals surface area contributed by atoms with E-state index in [0.717, 1.165) is 51.2 Å². The van der Waals surface area contributed by atoms with E-state index in [1.165, 1.54) is 62.6 Å². The summed E-state index contributed by atoms with van der Waals surface area (Å²) in [6.45, 7) is 0. The fourth-order valence-electron chi connectivity index (χ4n) is 10.0. The van der Waals surface area contributed by atoms with Crippen LogP contribution in [0, 0.1) is 0 Å². The maximum Gasteiger partial charge on any atom is 0.0476 e. The van der Waals surface area contributed by atoms with Gasteiger partial charge in [0, 0.05) is 91.5 Å². The van der Waals surface area contributed by atoms with E-state index in [4.69, 9.17) is 0 Å². The van der Waals surface area contributed by atoms with Crippen molar-refractivity contribution in [2.24, 2.45) is 0 Å². The number of hydrogen-bond donors (Lipinski definition) is 0. The summed E-state index contributed by atoms with van der Waals surface area (Å²) < 4.78 is 5.00. The quantitative estimate of drug-likeness (QED) is 0.128. The lowest BCUT2D eigenvalue weighted by Crippen LogP contribution is -2.10. The normalized spacial score (nSPS) is 11.4. The van der Waals surface area contributed by atoms with Crippen molar-refractivity contribution in [1.82, 2.24) is 0 Å². The number of hydrogen-bond acceptors (Lipinski definition) is 5. The van der Waals surface area contributed by atoms with Gasteiger partial charge in [-0.25, -0.2) is 0 Å². The highest BCUT2D eigenvalue weighted by Crippen LogP contribution is 2.47. The minimum absolute atomic E-state index is 1.10. The summed E-state index contributed by atoms with van der Waals surface area (Å²) >= 11 is 3.71. The highest BCUT2D eigenvalue weighted by Gasteiger charge is 2.21. The van der Waals surface area contributed by atoms with Crippen LogP contribution in [0.3, 0.4) is 0 Å². The standard InChI is InChI=1S/C66H45N3S2/c1-7-19-46(20-8-1)48-39-49(47-21-9-2-10-22-47)41-58(40-48)69(56-31-35-59-61-42-54(33-37-63(61)70-65(59)44-56)67(50-23-11-3-12-24-50)51-25-13-4-14-26-51)57-32-36-60-62-43-55(34-38-64(62)71-66(60)45-57)68(52-27-15-5-16-28-52)53-29-17-6-18-30-53/h1-45H. The molecule has 0 bridgehead atoms. The van der Waals surface area contributed by atoms with Gasteiger partial charge in [0.15, 0.2) is 0 Å². The fraction of sp³-hybridized carbons (Fsp3) is 0. The molecule has 0 saturated heterocycles.